The molecule has 0 heterocycles. The van der Waals surface area contributed by atoms with Gasteiger partial charge in [0, 0.05) is 24.8 Å². The summed E-state index contributed by atoms with van der Waals surface area (Å²) in [5.41, 5.74) is 0. The number of carbonyl (C=O) groups is 2. The summed E-state index contributed by atoms with van der Waals surface area (Å²) in [6.45, 7) is 4.06. The smallest absolute Gasteiger partial charge is 0.550 e. The maximum Gasteiger partial charge on any atom is 2.00 e. The molecule has 2 unspecified atom stereocenters. The molecule has 0 aromatic rings. The van der Waals surface area contributed by atoms with Crippen LogP contribution in [0.1, 0.15) is 52.4 Å². The Hall–Kier alpha value is 0.260. The van der Waals surface area contributed by atoms with Crippen molar-refractivity contribution >= 4 is 72.9 Å². The van der Waals surface area contributed by atoms with Crippen LogP contribution in [0.5, 0.6) is 0 Å². The Bertz CT molecular complexity index is 326. The molecule has 0 rings (SSSR count). The first kappa shape index (κ1) is 28.1. The minimum atomic E-state index is -1.07. The number of carboxylic acid groups (broad SMARTS) is 2. The van der Waals surface area contributed by atoms with Crippen LogP contribution in [0.15, 0.2) is 24.3 Å². The van der Waals surface area contributed by atoms with E-state index in [1.54, 1.807) is 12.2 Å². The van der Waals surface area contributed by atoms with Crippen LogP contribution in [0.3, 0.4) is 0 Å². The maximum absolute atomic E-state index is 9.93. The Morgan fingerprint density at radius 2 is 1.17 bits per heavy atom. The molecule has 0 fully saturated rings. The summed E-state index contributed by atoms with van der Waals surface area (Å²) in [5, 5.41) is 19.8. The van der Waals surface area contributed by atoms with Crippen LogP contribution >= 0.6 is 23.2 Å². The Kier molecular flexibility index (Phi) is 24.8. The first-order valence-electron chi connectivity index (χ1n) is 7.34. The average Bonchev–Trinajstić information content (AvgIpc) is 2.39. The zero-order valence-corrected chi connectivity index (χ0v) is 17.5. The number of halogens is 2. The standard InChI is InChI=1S/2C8H13ClO2.Ca/c2*1-2-4-7(9)5-3-6-8(10)11;/h2*3,5,7H,2,4,6H2,1H3,(H,10,11);/q;;+2/p-2/b2*5-3+;. The van der Waals surface area contributed by atoms with Gasteiger partial charge in [-0.1, -0.05) is 51.0 Å². The van der Waals surface area contributed by atoms with Gasteiger partial charge >= 0.3 is 37.7 Å². The van der Waals surface area contributed by atoms with Crippen LogP contribution in [0.25, 0.3) is 0 Å². The minimum Gasteiger partial charge on any atom is -0.550 e. The summed E-state index contributed by atoms with van der Waals surface area (Å²) >= 11 is 11.5. The van der Waals surface area contributed by atoms with Crippen molar-refractivity contribution in [1.29, 1.82) is 0 Å². The predicted molar refractivity (Wildman–Crippen MR) is 92.4 cm³/mol. The molecule has 0 bridgehead atoms. The molecule has 0 spiro atoms. The summed E-state index contributed by atoms with van der Waals surface area (Å²) in [4.78, 5) is 19.9. The fourth-order valence-corrected chi connectivity index (χ4v) is 2.01. The molecule has 0 aliphatic rings. The number of alkyl halides is 2. The van der Waals surface area contributed by atoms with E-state index >= 15 is 0 Å². The van der Waals surface area contributed by atoms with Gasteiger partial charge in [-0.05, 0) is 12.8 Å². The van der Waals surface area contributed by atoms with E-state index in [-0.39, 0.29) is 61.3 Å². The maximum atomic E-state index is 9.93. The quantitative estimate of drug-likeness (QED) is 0.323. The third-order valence-electron chi connectivity index (χ3n) is 2.39. The van der Waals surface area contributed by atoms with Crippen molar-refractivity contribution in [3.8, 4) is 0 Å². The van der Waals surface area contributed by atoms with Gasteiger partial charge in [-0.25, -0.2) is 0 Å². The fourth-order valence-electron chi connectivity index (χ4n) is 1.37. The molecule has 0 saturated carbocycles. The van der Waals surface area contributed by atoms with E-state index in [9.17, 15) is 19.8 Å². The first-order valence-corrected chi connectivity index (χ1v) is 8.21. The second kappa shape index (κ2) is 20.3. The van der Waals surface area contributed by atoms with E-state index in [0.717, 1.165) is 25.7 Å². The Morgan fingerprint density at radius 3 is 1.39 bits per heavy atom. The number of rotatable bonds is 10. The Balaban J connectivity index is -0.000000333. The number of carbonyl (C=O) groups excluding carboxylic acids is 2. The molecule has 0 aliphatic carbocycles. The summed E-state index contributed by atoms with van der Waals surface area (Å²) < 4.78 is 0. The SMILES string of the molecule is CCCC(Cl)/C=C/CC(=O)[O-].CCCC(Cl)/C=C/CC(=O)[O-].[Ca+2]. The van der Waals surface area contributed by atoms with Gasteiger partial charge in [-0.15, -0.1) is 23.2 Å². The van der Waals surface area contributed by atoms with Crippen molar-refractivity contribution in [2.24, 2.45) is 0 Å². The molecular formula is C16H24CaCl2O4. The molecule has 0 N–H and O–H groups in total. The number of carboxylic acids is 2. The molecule has 23 heavy (non-hydrogen) atoms. The molecule has 0 aromatic carbocycles. The minimum absolute atomic E-state index is 0. The summed E-state index contributed by atoms with van der Waals surface area (Å²) in [5.74, 6) is -2.14. The van der Waals surface area contributed by atoms with Gasteiger partial charge in [-0.2, -0.15) is 0 Å². The third-order valence-corrected chi connectivity index (χ3v) is 3.12. The van der Waals surface area contributed by atoms with Crippen molar-refractivity contribution < 1.29 is 19.8 Å². The second-order valence-electron chi connectivity index (χ2n) is 4.62. The van der Waals surface area contributed by atoms with Crippen molar-refractivity contribution in [2.75, 3.05) is 0 Å². The fraction of sp³-hybridized carbons (Fsp3) is 0.625. The molecule has 2 atom stereocenters. The average molecular weight is 391 g/mol. The van der Waals surface area contributed by atoms with Gasteiger partial charge in [-0.3, -0.25) is 0 Å². The first-order chi connectivity index (χ1) is 10.3. The van der Waals surface area contributed by atoms with E-state index in [0.29, 0.717) is 0 Å². The molecular weight excluding hydrogens is 367 g/mol. The van der Waals surface area contributed by atoms with E-state index in [1.165, 1.54) is 12.2 Å². The van der Waals surface area contributed by atoms with Gasteiger partial charge < -0.3 is 19.8 Å². The van der Waals surface area contributed by atoms with Crippen molar-refractivity contribution in [3.63, 3.8) is 0 Å². The third kappa shape index (κ3) is 27.4. The van der Waals surface area contributed by atoms with Crippen LogP contribution in [-0.2, 0) is 9.59 Å². The van der Waals surface area contributed by atoms with Crippen LogP contribution in [-0.4, -0.2) is 60.4 Å². The van der Waals surface area contributed by atoms with Crippen LogP contribution in [0.2, 0.25) is 0 Å². The summed E-state index contributed by atoms with van der Waals surface area (Å²) in [6, 6.07) is 0. The van der Waals surface area contributed by atoms with Gasteiger partial charge in [0.25, 0.3) is 0 Å². The molecule has 0 radical (unpaired) electrons. The van der Waals surface area contributed by atoms with E-state index < -0.39 is 11.9 Å². The largest absolute Gasteiger partial charge is 2.00 e. The van der Waals surface area contributed by atoms with Crippen molar-refractivity contribution in [1.82, 2.24) is 0 Å². The zero-order valence-electron chi connectivity index (χ0n) is 13.8. The number of hydrogen-bond acceptors (Lipinski definition) is 4. The molecule has 0 saturated heterocycles. The topological polar surface area (TPSA) is 80.3 Å². The number of aliphatic carboxylic acids is 2. The van der Waals surface area contributed by atoms with Crippen molar-refractivity contribution in [2.45, 2.75) is 63.1 Å². The van der Waals surface area contributed by atoms with Gasteiger partial charge in [0.2, 0.25) is 0 Å². The van der Waals surface area contributed by atoms with Crippen LogP contribution in [0.4, 0.5) is 0 Å². The summed E-state index contributed by atoms with van der Waals surface area (Å²) in [7, 11) is 0. The van der Waals surface area contributed by atoms with Crippen LogP contribution in [0, 0.1) is 0 Å². The Morgan fingerprint density at radius 1 is 0.870 bits per heavy atom. The number of hydrogen-bond donors (Lipinski definition) is 0. The molecule has 4 nitrogen and oxygen atoms in total. The van der Waals surface area contributed by atoms with Gasteiger partial charge in [0.15, 0.2) is 0 Å². The van der Waals surface area contributed by atoms with Gasteiger partial charge in [0.05, 0.1) is 10.8 Å². The van der Waals surface area contributed by atoms with Crippen LogP contribution < -0.4 is 10.2 Å². The number of allylic oxidation sites excluding steroid dienone is 2. The monoisotopic (exact) mass is 390 g/mol. The predicted octanol–water partition coefficient (Wildman–Crippen LogP) is 1.80. The Labute approximate surface area is 178 Å². The van der Waals surface area contributed by atoms with E-state index in [2.05, 4.69) is 0 Å². The molecule has 0 amide bonds. The van der Waals surface area contributed by atoms with E-state index in [4.69, 9.17) is 23.2 Å². The second-order valence-corrected chi connectivity index (χ2v) is 5.74. The molecule has 0 aliphatic heterocycles. The molecule has 7 heteroatoms. The normalized spacial score (nSPS) is 13.0. The summed E-state index contributed by atoms with van der Waals surface area (Å²) in [6.07, 6.45) is 10.1. The van der Waals surface area contributed by atoms with E-state index in [1.807, 2.05) is 13.8 Å². The van der Waals surface area contributed by atoms with Crippen molar-refractivity contribution in [3.05, 3.63) is 24.3 Å². The molecule has 0 aromatic heterocycles. The zero-order chi connectivity index (χ0) is 17.4. The van der Waals surface area contributed by atoms with Gasteiger partial charge in [0.1, 0.15) is 0 Å². The molecule has 128 valence electrons.